The van der Waals surface area contributed by atoms with Crippen molar-refractivity contribution in [2.75, 3.05) is 18.9 Å². The first-order chi connectivity index (χ1) is 12.3. The molecular weight excluding hydrogens is 342 g/mol. The van der Waals surface area contributed by atoms with E-state index >= 15 is 0 Å². The van der Waals surface area contributed by atoms with E-state index in [4.69, 9.17) is 0 Å². The van der Waals surface area contributed by atoms with Crippen molar-refractivity contribution >= 4 is 17.5 Å². The van der Waals surface area contributed by atoms with E-state index in [1.54, 1.807) is 0 Å². The van der Waals surface area contributed by atoms with E-state index in [0.717, 1.165) is 16.0 Å². The summed E-state index contributed by atoms with van der Waals surface area (Å²) in [7, 11) is 1.42. The maximum atomic E-state index is 12.5. The maximum absolute atomic E-state index is 12.5. The standard InChI is InChI=1S/C19H20F2N2O3/c1-12-7-6-8-13(2)17(12)22-16(24)11-23(3)18(25)14-9-4-5-10-15(14)26-19(20)21/h4-10,19H,11H2,1-3H3,(H,22,24). The second-order valence-electron chi connectivity index (χ2n) is 5.85. The van der Waals surface area contributed by atoms with Gasteiger partial charge in [-0.25, -0.2) is 0 Å². The number of benzene rings is 2. The average molecular weight is 362 g/mol. The zero-order chi connectivity index (χ0) is 19.3. The second kappa shape index (κ2) is 8.42. The van der Waals surface area contributed by atoms with Crippen LogP contribution in [-0.2, 0) is 4.79 Å². The smallest absolute Gasteiger partial charge is 0.387 e. The van der Waals surface area contributed by atoms with Gasteiger partial charge in [-0.15, -0.1) is 0 Å². The molecule has 7 heteroatoms. The molecule has 138 valence electrons. The molecule has 0 aliphatic carbocycles. The second-order valence-corrected chi connectivity index (χ2v) is 5.85. The average Bonchev–Trinajstić information content (AvgIpc) is 2.57. The summed E-state index contributed by atoms with van der Waals surface area (Å²) in [6, 6.07) is 11.3. The lowest BCUT2D eigenvalue weighted by molar-refractivity contribution is -0.116. The SMILES string of the molecule is Cc1cccc(C)c1NC(=O)CN(C)C(=O)c1ccccc1OC(F)F. The van der Waals surface area contributed by atoms with Crippen molar-refractivity contribution in [3.8, 4) is 5.75 Å². The minimum atomic E-state index is -3.04. The fraction of sp³-hybridized carbons (Fsp3) is 0.263. The molecule has 2 aromatic rings. The van der Waals surface area contributed by atoms with Gasteiger partial charge in [-0.2, -0.15) is 8.78 Å². The molecule has 0 bridgehead atoms. The molecule has 1 N–H and O–H groups in total. The van der Waals surface area contributed by atoms with Crippen LogP contribution in [-0.4, -0.2) is 36.9 Å². The number of carbonyl (C=O) groups excluding carboxylic acids is 2. The van der Waals surface area contributed by atoms with Gasteiger partial charge < -0.3 is 15.0 Å². The highest BCUT2D eigenvalue weighted by Gasteiger charge is 2.20. The number of aryl methyl sites for hydroxylation is 2. The van der Waals surface area contributed by atoms with Gasteiger partial charge in [0.05, 0.1) is 12.1 Å². The Morgan fingerprint density at radius 1 is 1.08 bits per heavy atom. The molecule has 0 atom stereocenters. The Kier molecular flexibility index (Phi) is 6.27. The molecule has 0 heterocycles. The van der Waals surface area contributed by atoms with E-state index in [9.17, 15) is 18.4 Å². The van der Waals surface area contributed by atoms with E-state index in [0.29, 0.717) is 5.69 Å². The number of likely N-dealkylation sites (N-methyl/N-ethyl adjacent to an activating group) is 1. The number of nitrogens with zero attached hydrogens (tertiary/aromatic N) is 1. The molecule has 2 amide bonds. The lowest BCUT2D eigenvalue weighted by Crippen LogP contribution is -2.35. The Morgan fingerprint density at radius 2 is 1.69 bits per heavy atom. The van der Waals surface area contributed by atoms with Crippen LogP contribution < -0.4 is 10.1 Å². The van der Waals surface area contributed by atoms with E-state index < -0.39 is 12.5 Å². The van der Waals surface area contributed by atoms with Crippen molar-refractivity contribution in [3.63, 3.8) is 0 Å². The molecule has 0 aromatic heterocycles. The quantitative estimate of drug-likeness (QED) is 0.854. The van der Waals surface area contributed by atoms with Gasteiger partial charge in [0.25, 0.3) is 5.91 Å². The third-order valence-electron chi connectivity index (χ3n) is 3.81. The van der Waals surface area contributed by atoms with Crippen LogP contribution >= 0.6 is 0 Å². The Bertz CT molecular complexity index is 789. The van der Waals surface area contributed by atoms with Gasteiger partial charge in [0.15, 0.2) is 0 Å². The molecular formula is C19H20F2N2O3. The lowest BCUT2D eigenvalue weighted by atomic mass is 10.1. The van der Waals surface area contributed by atoms with E-state index in [1.807, 2.05) is 32.0 Å². The molecule has 0 unspecified atom stereocenters. The van der Waals surface area contributed by atoms with Crippen LogP contribution in [0.15, 0.2) is 42.5 Å². The third kappa shape index (κ3) is 4.78. The Balaban J connectivity index is 2.09. The summed E-state index contributed by atoms with van der Waals surface area (Å²) in [6.45, 7) is 0.474. The molecule has 2 aromatic carbocycles. The Morgan fingerprint density at radius 3 is 2.31 bits per heavy atom. The first kappa shape index (κ1) is 19.4. The summed E-state index contributed by atoms with van der Waals surface area (Å²) in [5.41, 5.74) is 2.47. The van der Waals surface area contributed by atoms with Crippen LogP contribution in [0.4, 0.5) is 14.5 Å². The van der Waals surface area contributed by atoms with Crippen molar-refractivity contribution in [2.24, 2.45) is 0 Å². The summed E-state index contributed by atoms with van der Waals surface area (Å²) in [6.07, 6.45) is 0. The number of anilines is 1. The van der Waals surface area contributed by atoms with Crippen LogP contribution in [0.1, 0.15) is 21.5 Å². The highest BCUT2D eigenvalue weighted by molar-refractivity contribution is 6.01. The van der Waals surface area contributed by atoms with Gasteiger partial charge in [-0.3, -0.25) is 9.59 Å². The molecule has 0 fully saturated rings. The molecule has 0 saturated carbocycles. The van der Waals surface area contributed by atoms with Crippen LogP contribution in [0, 0.1) is 13.8 Å². The number of para-hydroxylation sites is 2. The van der Waals surface area contributed by atoms with E-state index in [-0.39, 0.29) is 23.8 Å². The number of hydrogen-bond donors (Lipinski definition) is 1. The minimum absolute atomic E-state index is 0.0322. The number of hydrogen-bond acceptors (Lipinski definition) is 3. The number of halogens is 2. The number of amides is 2. The molecule has 0 saturated heterocycles. The van der Waals surface area contributed by atoms with Crippen LogP contribution in [0.5, 0.6) is 5.75 Å². The summed E-state index contributed by atoms with van der Waals surface area (Å²) >= 11 is 0. The lowest BCUT2D eigenvalue weighted by Gasteiger charge is -2.19. The monoisotopic (exact) mass is 362 g/mol. The van der Waals surface area contributed by atoms with Gasteiger partial charge in [0.2, 0.25) is 5.91 Å². The molecule has 0 aliphatic rings. The van der Waals surface area contributed by atoms with Gasteiger partial charge in [-0.1, -0.05) is 30.3 Å². The third-order valence-corrected chi connectivity index (χ3v) is 3.81. The number of ether oxygens (including phenoxy) is 1. The Hall–Kier alpha value is -2.96. The van der Waals surface area contributed by atoms with Crippen molar-refractivity contribution in [2.45, 2.75) is 20.5 Å². The van der Waals surface area contributed by atoms with Crippen molar-refractivity contribution in [1.29, 1.82) is 0 Å². The zero-order valence-corrected chi connectivity index (χ0v) is 14.8. The van der Waals surface area contributed by atoms with E-state index in [2.05, 4.69) is 10.1 Å². The fourth-order valence-corrected chi connectivity index (χ4v) is 2.53. The highest BCUT2D eigenvalue weighted by atomic mass is 19.3. The van der Waals surface area contributed by atoms with Gasteiger partial charge in [0, 0.05) is 12.7 Å². The highest BCUT2D eigenvalue weighted by Crippen LogP contribution is 2.22. The first-order valence-corrected chi connectivity index (χ1v) is 7.95. The number of nitrogens with one attached hydrogen (secondary N) is 1. The van der Waals surface area contributed by atoms with Crippen LogP contribution in [0.25, 0.3) is 0 Å². The van der Waals surface area contributed by atoms with Crippen molar-refractivity contribution in [1.82, 2.24) is 4.90 Å². The first-order valence-electron chi connectivity index (χ1n) is 7.95. The number of carbonyl (C=O) groups is 2. The minimum Gasteiger partial charge on any atom is -0.434 e. The molecule has 0 spiro atoms. The molecule has 2 rings (SSSR count). The normalized spacial score (nSPS) is 10.5. The van der Waals surface area contributed by atoms with Gasteiger partial charge >= 0.3 is 6.61 Å². The maximum Gasteiger partial charge on any atom is 0.387 e. The topological polar surface area (TPSA) is 58.6 Å². The van der Waals surface area contributed by atoms with Gasteiger partial charge in [0.1, 0.15) is 5.75 Å². The molecule has 0 aliphatic heterocycles. The summed E-state index contributed by atoms with van der Waals surface area (Å²) in [4.78, 5) is 25.9. The molecule has 5 nitrogen and oxygen atoms in total. The fourth-order valence-electron chi connectivity index (χ4n) is 2.53. The van der Waals surface area contributed by atoms with Crippen molar-refractivity contribution < 1.29 is 23.1 Å². The summed E-state index contributed by atoms with van der Waals surface area (Å²) < 4.78 is 29.3. The summed E-state index contributed by atoms with van der Waals surface area (Å²) in [5.74, 6) is -1.20. The predicted molar refractivity (Wildman–Crippen MR) is 94.6 cm³/mol. The van der Waals surface area contributed by atoms with E-state index in [1.165, 1.54) is 31.3 Å². The van der Waals surface area contributed by atoms with Crippen LogP contribution in [0.3, 0.4) is 0 Å². The largest absolute Gasteiger partial charge is 0.434 e. The number of alkyl halides is 2. The Labute approximate surface area is 150 Å². The predicted octanol–water partition coefficient (Wildman–Crippen LogP) is 3.62. The molecule has 0 radical (unpaired) electrons. The number of rotatable bonds is 6. The summed E-state index contributed by atoms with van der Waals surface area (Å²) in [5, 5.41) is 2.78. The molecule has 26 heavy (non-hydrogen) atoms. The van der Waals surface area contributed by atoms with Gasteiger partial charge in [-0.05, 0) is 37.1 Å². The van der Waals surface area contributed by atoms with Crippen molar-refractivity contribution in [3.05, 3.63) is 59.2 Å². The zero-order valence-electron chi connectivity index (χ0n) is 14.8. The van der Waals surface area contributed by atoms with Crippen LogP contribution in [0.2, 0.25) is 0 Å².